The molecule has 118 valence electrons. The summed E-state index contributed by atoms with van der Waals surface area (Å²) in [5.41, 5.74) is 5.64. The van der Waals surface area contributed by atoms with Crippen molar-refractivity contribution in [2.24, 2.45) is 11.7 Å². The molecular formula is C15H22F3N3. The Labute approximate surface area is 123 Å². The molecule has 6 heteroatoms. The molecule has 2 N–H and O–H groups in total. The minimum Gasteiger partial charge on any atom is -0.369 e. The molecule has 1 heterocycles. The van der Waals surface area contributed by atoms with Crippen molar-refractivity contribution in [1.29, 1.82) is 0 Å². The number of nitrogens with two attached hydrogens (primary N) is 1. The number of hydrogen-bond donors (Lipinski definition) is 1. The normalized spacial score (nSPS) is 23.1. The average Bonchev–Trinajstić information content (AvgIpc) is 2.79. The van der Waals surface area contributed by atoms with Crippen LogP contribution in [0.15, 0.2) is 18.2 Å². The summed E-state index contributed by atoms with van der Waals surface area (Å²) < 4.78 is 39.9. The smallest absolute Gasteiger partial charge is 0.369 e. The van der Waals surface area contributed by atoms with E-state index in [1.54, 1.807) is 12.1 Å². The predicted octanol–water partition coefficient (Wildman–Crippen LogP) is 2.55. The largest absolute Gasteiger partial charge is 0.418 e. The van der Waals surface area contributed by atoms with E-state index in [0.29, 0.717) is 24.6 Å². The van der Waals surface area contributed by atoms with Gasteiger partial charge in [-0.3, -0.25) is 0 Å². The molecular weight excluding hydrogens is 279 g/mol. The van der Waals surface area contributed by atoms with Gasteiger partial charge in [0, 0.05) is 31.4 Å². The van der Waals surface area contributed by atoms with E-state index in [9.17, 15) is 13.2 Å². The fraction of sp³-hybridized carbons (Fsp3) is 0.600. The number of hydrogen-bond acceptors (Lipinski definition) is 3. The molecule has 0 saturated carbocycles. The molecule has 1 fully saturated rings. The van der Waals surface area contributed by atoms with Gasteiger partial charge in [0.1, 0.15) is 0 Å². The van der Waals surface area contributed by atoms with Crippen molar-refractivity contribution in [3.05, 3.63) is 29.3 Å². The van der Waals surface area contributed by atoms with Gasteiger partial charge in [-0.25, -0.2) is 0 Å². The van der Waals surface area contributed by atoms with Gasteiger partial charge in [0.25, 0.3) is 0 Å². The second-order valence-electron chi connectivity index (χ2n) is 5.97. The Kier molecular flexibility index (Phi) is 4.49. The zero-order valence-corrected chi connectivity index (χ0v) is 12.6. The Morgan fingerprint density at radius 2 is 1.95 bits per heavy atom. The Morgan fingerprint density at radius 3 is 2.43 bits per heavy atom. The lowest BCUT2D eigenvalue weighted by Gasteiger charge is -2.25. The van der Waals surface area contributed by atoms with Crippen LogP contribution in [-0.4, -0.2) is 38.1 Å². The standard InChI is InChI=1S/C15H22F3N3/c1-10-8-21(9-14(10)20(2)3)13-5-4-11(7-19)6-12(13)15(16,17)18/h4-6,10,14H,7-9,19H2,1-3H3. The first kappa shape index (κ1) is 16.1. The number of benzene rings is 1. The quantitative estimate of drug-likeness (QED) is 0.931. The van der Waals surface area contributed by atoms with Crippen LogP contribution >= 0.6 is 0 Å². The summed E-state index contributed by atoms with van der Waals surface area (Å²) in [6, 6.07) is 4.66. The van der Waals surface area contributed by atoms with E-state index >= 15 is 0 Å². The minimum atomic E-state index is -4.36. The highest BCUT2D eigenvalue weighted by atomic mass is 19.4. The second kappa shape index (κ2) is 5.85. The SMILES string of the molecule is CC1CN(c2ccc(CN)cc2C(F)(F)F)CC1N(C)C. The summed E-state index contributed by atoms with van der Waals surface area (Å²) in [7, 11) is 3.93. The maximum atomic E-state index is 13.3. The molecule has 2 rings (SSSR count). The summed E-state index contributed by atoms with van der Waals surface area (Å²) in [5, 5.41) is 0. The maximum absolute atomic E-state index is 13.3. The van der Waals surface area contributed by atoms with Crippen molar-refractivity contribution in [3.8, 4) is 0 Å². The third-order valence-electron chi connectivity index (χ3n) is 4.18. The highest BCUT2D eigenvalue weighted by Gasteiger charge is 2.38. The molecule has 0 bridgehead atoms. The molecule has 1 aromatic rings. The lowest BCUT2D eigenvalue weighted by Crippen LogP contribution is -2.34. The first-order valence-electron chi connectivity index (χ1n) is 7.05. The number of rotatable bonds is 3. The van der Waals surface area contributed by atoms with Crippen LogP contribution in [0.1, 0.15) is 18.1 Å². The topological polar surface area (TPSA) is 32.5 Å². The van der Waals surface area contributed by atoms with Crippen LogP contribution in [0.2, 0.25) is 0 Å². The van der Waals surface area contributed by atoms with Gasteiger partial charge in [0.05, 0.1) is 5.56 Å². The second-order valence-corrected chi connectivity index (χ2v) is 5.97. The van der Waals surface area contributed by atoms with Crippen molar-refractivity contribution < 1.29 is 13.2 Å². The molecule has 0 spiro atoms. The third kappa shape index (κ3) is 3.32. The Morgan fingerprint density at radius 1 is 1.29 bits per heavy atom. The van der Waals surface area contributed by atoms with E-state index in [-0.39, 0.29) is 18.3 Å². The molecule has 0 radical (unpaired) electrons. The molecule has 1 saturated heterocycles. The zero-order valence-electron chi connectivity index (χ0n) is 12.6. The van der Waals surface area contributed by atoms with Crippen LogP contribution in [0.25, 0.3) is 0 Å². The summed E-state index contributed by atoms with van der Waals surface area (Å²) in [6.45, 7) is 3.43. The van der Waals surface area contributed by atoms with Crippen molar-refractivity contribution in [2.75, 3.05) is 32.1 Å². The van der Waals surface area contributed by atoms with Crippen molar-refractivity contribution in [1.82, 2.24) is 4.90 Å². The molecule has 1 aromatic carbocycles. The first-order chi connectivity index (χ1) is 9.74. The van der Waals surface area contributed by atoms with Gasteiger partial charge in [-0.1, -0.05) is 13.0 Å². The monoisotopic (exact) mass is 301 g/mol. The van der Waals surface area contributed by atoms with Crippen LogP contribution < -0.4 is 10.6 Å². The fourth-order valence-electron chi connectivity index (χ4n) is 3.03. The molecule has 21 heavy (non-hydrogen) atoms. The lowest BCUT2D eigenvalue weighted by molar-refractivity contribution is -0.137. The highest BCUT2D eigenvalue weighted by molar-refractivity contribution is 5.57. The molecule has 0 aliphatic carbocycles. The van der Waals surface area contributed by atoms with Crippen LogP contribution in [-0.2, 0) is 12.7 Å². The van der Waals surface area contributed by atoms with Gasteiger partial charge in [-0.05, 0) is 37.7 Å². The first-order valence-corrected chi connectivity index (χ1v) is 7.05. The maximum Gasteiger partial charge on any atom is 0.418 e. The summed E-state index contributed by atoms with van der Waals surface area (Å²) in [6.07, 6.45) is -4.36. The van der Waals surface area contributed by atoms with Crippen molar-refractivity contribution in [2.45, 2.75) is 25.7 Å². The van der Waals surface area contributed by atoms with Crippen LogP contribution in [0.5, 0.6) is 0 Å². The predicted molar refractivity (Wildman–Crippen MR) is 78.2 cm³/mol. The number of halogens is 3. The van der Waals surface area contributed by atoms with E-state index < -0.39 is 11.7 Å². The van der Waals surface area contributed by atoms with Gasteiger partial charge in [-0.2, -0.15) is 13.2 Å². The zero-order chi connectivity index (χ0) is 15.8. The lowest BCUT2D eigenvalue weighted by atomic mass is 10.1. The molecule has 0 amide bonds. The van der Waals surface area contributed by atoms with Gasteiger partial charge in [-0.15, -0.1) is 0 Å². The van der Waals surface area contributed by atoms with Gasteiger partial charge >= 0.3 is 6.18 Å². The van der Waals surface area contributed by atoms with E-state index in [1.165, 1.54) is 6.07 Å². The van der Waals surface area contributed by atoms with E-state index in [1.807, 2.05) is 19.0 Å². The van der Waals surface area contributed by atoms with Crippen LogP contribution in [0.4, 0.5) is 18.9 Å². The molecule has 0 aromatic heterocycles. The average molecular weight is 301 g/mol. The van der Waals surface area contributed by atoms with Crippen LogP contribution in [0, 0.1) is 5.92 Å². The number of alkyl halides is 3. The van der Waals surface area contributed by atoms with E-state index in [2.05, 4.69) is 11.8 Å². The molecule has 1 aliphatic rings. The Balaban J connectivity index is 2.36. The number of anilines is 1. The van der Waals surface area contributed by atoms with Gasteiger partial charge < -0.3 is 15.5 Å². The van der Waals surface area contributed by atoms with Gasteiger partial charge in [0.15, 0.2) is 0 Å². The van der Waals surface area contributed by atoms with E-state index in [0.717, 1.165) is 0 Å². The summed E-state index contributed by atoms with van der Waals surface area (Å²) in [5.74, 6) is 0.329. The number of nitrogens with zero attached hydrogens (tertiary/aromatic N) is 2. The highest BCUT2D eigenvalue weighted by Crippen LogP contribution is 2.39. The van der Waals surface area contributed by atoms with Crippen LogP contribution in [0.3, 0.4) is 0 Å². The van der Waals surface area contributed by atoms with Gasteiger partial charge in [0.2, 0.25) is 0 Å². The van der Waals surface area contributed by atoms with Crippen molar-refractivity contribution >= 4 is 5.69 Å². The minimum absolute atomic E-state index is 0.111. The van der Waals surface area contributed by atoms with E-state index in [4.69, 9.17) is 5.73 Å². The number of likely N-dealkylation sites (N-methyl/N-ethyl adjacent to an activating group) is 1. The Bertz CT molecular complexity index is 499. The third-order valence-corrected chi connectivity index (χ3v) is 4.18. The molecule has 2 atom stereocenters. The summed E-state index contributed by atoms with van der Waals surface area (Å²) in [4.78, 5) is 3.91. The Hall–Kier alpha value is -1.27. The fourth-order valence-corrected chi connectivity index (χ4v) is 3.03. The molecule has 1 aliphatic heterocycles. The molecule has 2 unspecified atom stereocenters. The van der Waals surface area contributed by atoms with Crippen molar-refractivity contribution in [3.63, 3.8) is 0 Å². The summed E-state index contributed by atoms with van der Waals surface area (Å²) >= 11 is 0. The molecule has 3 nitrogen and oxygen atoms in total.